The number of hydrogen-bond donors (Lipinski definition) is 15. The molecule has 4 saturated carbocycles. The third kappa shape index (κ3) is 11.1. The van der Waals surface area contributed by atoms with Gasteiger partial charge in [-0.1, -0.05) is 46.3 Å². The van der Waals surface area contributed by atoms with E-state index in [0.717, 1.165) is 24.8 Å². The number of fused-ring (bicyclic) bond motifs is 5. The number of allylic oxidation sites excluding steroid dienone is 2. The summed E-state index contributed by atoms with van der Waals surface area (Å²) < 4.78 is 49.0. The first kappa shape index (κ1) is 61.9. The first-order chi connectivity index (χ1) is 36.1. The summed E-state index contributed by atoms with van der Waals surface area (Å²) in [7, 11) is 0. The minimum Gasteiger partial charge on any atom is -0.394 e. The zero-order valence-corrected chi connectivity index (χ0v) is 45.7. The summed E-state index contributed by atoms with van der Waals surface area (Å²) in [6, 6.07) is 0. The Balaban J connectivity index is 1.01. The molecule has 8 rings (SSSR count). The Morgan fingerprint density at radius 1 is 0.571 bits per heavy atom. The zero-order valence-electron chi connectivity index (χ0n) is 45.7. The lowest BCUT2D eigenvalue weighted by Gasteiger charge is -2.68. The molecule has 0 radical (unpaired) electrons. The van der Waals surface area contributed by atoms with Crippen molar-refractivity contribution in [2.75, 3.05) is 26.4 Å². The van der Waals surface area contributed by atoms with E-state index >= 15 is 0 Å². The van der Waals surface area contributed by atoms with Crippen molar-refractivity contribution in [3.8, 4) is 0 Å². The molecule has 446 valence electrons. The van der Waals surface area contributed by atoms with Crippen molar-refractivity contribution in [1.82, 2.24) is 0 Å². The lowest BCUT2D eigenvalue weighted by atomic mass is 9.38. The Bertz CT molecular complexity index is 1980. The van der Waals surface area contributed by atoms with E-state index in [0.29, 0.717) is 32.1 Å². The van der Waals surface area contributed by atoms with Gasteiger partial charge in [-0.05, 0) is 124 Å². The summed E-state index contributed by atoms with van der Waals surface area (Å²) in [5.74, 6) is -0.243. The van der Waals surface area contributed by atoms with Gasteiger partial charge in [-0.3, -0.25) is 0 Å². The fourth-order valence-electron chi connectivity index (χ4n) is 15.9. The van der Waals surface area contributed by atoms with Gasteiger partial charge in [-0.15, -0.1) is 0 Å². The predicted molar refractivity (Wildman–Crippen MR) is 266 cm³/mol. The van der Waals surface area contributed by atoms with E-state index in [9.17, 15) is 76.6 Å². The Kier molecular flexibility index (Phi) is 19.1. The number of hydrogen-bond acceptors (Lipinski definition) is 23. The summed E-state index contributed by atoms with van der Waals surface area (Å²) in [6.07, 6.45) is -25.8. The molecule has 0 amide bonds. The summed E-state index contributed by atoms with van der Waals surface area (Å²) >= 11 is 0. The van der Waals surface area contributed by atoms with Crippen molar-refractivity contribution < 1.29 is 114 Å². The van der Waals surface area contributed by atoms with Crippen LogP contribution in [0.25, 0.3) is 0 Å². The normalized spacial score (nSPS) is 52.7. The van der Waals surface area contributed by atoms with Crippen LogP contribution in [0, 0.1) is 51.8 Å². The first-order valence-electron chi connectivity index (χ1n) is 28.0. The number of rotatable bonds is 16. The van der Waals surface area contributed by atoms with E-state index in [4.69, 9.17) is 37.9 Å². The summed E-state index contributed by atoms with van der Waals surface area (Å²) in [5.41, 5.74) is -1.22. The second-order valence-corrected chi connectivity index (χ2v) is 25.6. The highest BCUT2D eigenvalue weighted by molar-refractivity contribution is 5.19. The van der Waals surface area contributed by atoms with Crippen molar-refractivity contribution in [1.29, 1.82) is 0 Å². The zero-order chi connectivity index (χ0) is 56.6. The van der Waals surface area contributed by atoms with Gasteiger partial charge < -0.3 is 114 Å². The molecule has 0 spiro atoms. The van der Waals surface area contributed by atoms with Crippen molar-refractivity contribution in [2.24, 2.45) is 51.8 Å². The Morgan fingerprint density at radius 2 is 1.08 bits per heavy atom. The van der Waals surface area contributed by atoms with E-state index in [2.05, 4.69) is 40.7 Å². The lowest BCUT2D eigenvalue weighted by molar-refractivity contribution is -0.378. The van der Waals surface area contributed by atoms with E-state index in [1.54, 1.807) is 0 Å². The molecule has 0 aromatic carbocycles. The van der Waals surface area contributed by atoms with Crippen molar-refractivity contribution in [2.45, 2.75) is 247 Å². The molecular weight excluding hydrogens is 1020 g/mol. The second kappa shape index (κ2) is 23.8. The number of aliphatic hydroxyl groups is 15. The molecule has 4 aliphatic carbocycles. The molecule has 31 atom stereocenters. The SMILES string of the molecule is CC(C)=CCCC(C)(OC1OC(COC2OC(CO)C(O)C(O)C2O)C(O)C(O)C1O)C1CCC2(C)C1C(O)CC1C3C(C)CC(OC4OC(CO)C(O)C(O)C4OC4OC(CO)C(O)C(O)C4O)C(C)(C)C3CCC12C. The fourth-order valence-corrected chi connectivity index (χ4v) is 15.9. The lowest BCUT2D eigenvalue weighted by Crippen LogP contribution is -2.67. The van der Waals surface area contributed by atoms with Gasteiger partial charge in [-0.25, -0.2) is 0 Å². The second-order valence-electron chi connectivity index (χ2n) is 25.6. The third-order valence-electron chi connectivity index (χ3n) is 20.7. The van der Waals surface area contributed by atoms with Crippen molar-refractivity contribution in [3.05, 3.63) is 11.6 Å². The standard InChI is InChI=1S/C54H92O23/c1-22(2)10-9-13-54(8,77-49-45(69)41(65)38(62)31(74-49)21-70-47-43(67)39(63)35(59)28(18-55)71-47)25-12-15-53(7)34(25)27(58)17-26-33-23(3)16-32(51(4,5)24(33)11-14-52(26,53)6)75-50-46(42(66)37(61)30(20-57)73-50)76-48-44(68)40(64)36(60)29(19-56)72-48/h10,23-50,55-69H,9,11-21H2,1-8H3. The van der Waals surface area contributed by atoms with Crippen molar-refractivity contribution >= 4 is 0 Å². The molecule has 4 saturated heterocycles. The monoisotopic (exact) mass is 1110 g/mol. The minimum absolute atomic E-state index is 0.0341. The van der Waals surface area contributed by atoms with Crippen molar-refractivity contribution in [3.63, 3.8) is 0 Å². The van der Waals surface area contributed by atoms with Gasteiger partial charge in [0, 0.05) is 0 Å². The van der Waals surface area contributed by atoms with E-state index in [1.807, 2.05) is 20.8 Å². The molecule has 0 bridgehead atoms. The van der Waals surface area contributed by atoms with Gasteiger partial charge in [0.15, 0.2) is 25.2 Å². The molecular formula is C54H92O23. The minimum atomic E-state index is -1.82. The maximum atomic E-state index is 12.8. The molecule has 23 heteroatoms. The number of aliphatic hydroxyl groups excluding tert-OH is 15. The van der Waals surface area contributed by atoms with Gasteiger partial charge in [0.25, 0.3) is 0 Å². The predicted octanol–water partition coefficient (Wildman–Crippen LogP) is -2.35. The molecule has 8 fully saturated rings. The van der Waals surface area contributed by atoms with Crippen LogP contribution in [0.4, 0.5) is 0 Å². The first-order valence-corrected chi connectivity index (χ1v) is 28.0. The molecule has 8 aliphatic rings. The van der Waals surface area contributed by atoms with Crippen LogP contribution in [-0.4, -0.2) is 244 Å². The van der Waals surface area contributed by atoms with Crippen LogP contribution < -0.4 is 0 Å². The topological polar surface area (TPSA) is 377 Å². The van der Waals surface area contributed by atoms with Gasteiger partial charge in [0.05, 0.1) is 44.2 Å². The quantitative estimate of drug-likeness (QED) is 0.0568. The third-order valence-corrected chi connectivity index (χ3v) is 20.7. The van der Waals surface area contributed by atoms with Gasteiger partial charge in [0.1, 0.15) is 97.7 Å². The average molecular weight is 1110 g/mol. The van der Waals surface area contributed by atoms with Crippen LogP contribution in [0.2, 0.25) is 0 Å². The molecule has 0 aromatic heterocycles. The molecule has 0 aromatic rings. The highest BCUT2D eigenvalue weighted by atomic mass is 16.8. The Hall–Kier alpha value is -1.18. The highest BCUT2D eigenvalue weighted by Crippen LogP contribution is 2.74. The van der Waals surface area contributed by atoms with E-state index < -0.39 is 178 Å². The molecule has 31 unspecified atom stereocenters. The van der Waals surface area contributed by atoms with Gasteiger partial charge in [-0.2, -0.15) is 0 Å². The van der Waals surface area contributed by atoms with Crippen LogP contribution in [0.3, 0.4) is 0 Å². The smallest absolute Gasteiger partial charge is 0.187 e. The highest BCUT2D eigenvalue weighted by Gasteiger charge is 2.70. The maximum Gasteiger partial charge on any atom is 0.187 e. The van der Waals surface area contributed by atoms with Crippen LogP contribution in [-0.2, 0) is 37.9 Å². The average Bonchev–Trinajstić information content (AvgIpc) is 3.80. The molecule has 23 nitrogen and oxygen atoms in total. The van der Waals surface area contributed by atoms with E-state index in [1.165, 1.54) is 0 Å². The molecule has 4 aliphatic heterocycles. The summed E-state index contributed by atoms with van der Waals surface area (Å²) in [5, 5.41) is 162. The van der Waals surface area contributed by atoms with Gasteiger partial charge >= 0.3 is 0 Å². The largest absolute Gasteiger partial charge is 0.394 e. The van der Waals surface area contributed by atoms with Crippen LogP contribution in [0.1, 0.15) is 107 Å². The van der Waals surface area contributed by atoms with Crippen LogP contribution >= 0.6 is 0 Å². The molecule has 4 heterocycles. The van der Waals surface area contributed by atoms with Gasteiger partial charge in [0.2, 0.25) is 0 Å². The molecule has 15 N–H and O–H groups in total. The van der Waals surface area contributed by atoms with E-state index in [-0.39, 0.29) is 40.9 Å². The maximum absolute atomic E-state index is 12.8. The summed E-state index contributed by atoms with van der Waals surface area (Å²) in [6.45, 7) is 14.5. The fraction of sp³-hybridized carbons (Fsp3) is 0.963. The number of ether oxygens (including phenoxy) is 8. The Labute approximate surface area is 450 Å². The summed E-state index contributed by atoms with van der Waals surface area (Å²) in [4.78, 5) is 0. The van der Waals surface area contributed by atoms with Crippen LogP contribution in [0.15, 0.2) is 11.6 Å². The Morgan fingerprint density at radius 3 is 1.66 bits per heavy atom. The van der Waals surface area contributed by atoms with Crippen LogP contribution in [0.5, 0.6) is 0 Å². The molecule has 77 heavy (non-hydrogen) atoms.